The van der Waals surface area contributed by atoms with Crippen LogP contribution in [-0.4, -0.2) is 42.0 Å². The number of benzene rings is 1. The molecule has 1 aromatic carbocycles. The van der Waals surface area contributed by atoms with Crippen molar-refractivity contribution in [1.82, 2.24) is 0 Å². The number of rotatable bonds is 12. The Morgan fingerprint density at radius 2 is 0.815 bits per heavy atom. The summed E-state index contributed by atoms with van der Waals surface area (Å²) >= 11 is 0. The quantitative estimate of drug-likeness (QED) is 0.369. The van der Waals surface area contributed by atoms with E-state index in [4.69, 9.17) is 15.1 Å². The van der Waals surface area contributed by atoms with E-state index in [0.29, 0.717) is 0 Å². The molecular formula is C22H45BO3P+. The van der Waals surface area contributed by atoms with E-state index in [1.165, 1.54) is 51.4 Å². The van der Waals surface area contributed by atoms with Crippen LogP contribution in [0.5, 0.6) is 0 Å². The highest BCUT2D eigenvalue weighted by molar-refractivity contribution is 7.75. The van der Waals surface area contributed by atoms with Gasteiger partial charge in [0.05, 0.1) is 24.6 Å². The number of hydrogen-bond acceptors (Lipinski definition) is 3. The van der Waals surface area contributed by atoms with Gasteiger partial charge in [0.15, 0.2) is 0 Å². The smallest absolute Gasteiger partial charge is 0.832 e. The lowest BCUT2D eigenvalue weighted by Crippen LogP contribution is -2.29. The van der Waals surface area contributed by atoms with E-state index < -0.39 is 14.6 Å². The standard InChI is InChI=1S/C16H36P.C6H6.BH2O3/c1-5-9-13-17(14-10-6-2,15-11-7-3)16-12-8-4;1-2-4-6-5-3-1;2-1(3)4/h5-16H2,1-4H3;1-6H;2-3H/q+1;;-1/p+1. The normalized spacial score (nSPS) is 10.3. The topological polar surface area (TPSA) is 63.5 Å². The summed E-state index contributed by atoms with van der Waals surface area (Å²) in [6, 6.07) is 12.0. The molecule has 5 heteroatoms. The molecule has 0 saturated heterocycles. The van der Waals surface area contributed by atoms with Gasteiger partial charge in [0, 0.05) is 7.26 Å². The van der Waals surface area contributed by atoms with Gasteiger partial charge >= 0.3 is 8.75 Å². The van der Waals surface area contributed by atoms with Crippen LogP contribution < -0.4 is 5.02 Å². The predicted octanol–water partition coefficient (Wildman–Crippen LogP) is 5.32. The second kappa shape index (κ2) is 21.9. The van der Waals surface area contributed by atoms with Gasteiger partial charge in [-0.25, -0.2) is 0 Å². The summed E-state index contributed by atoms with van der Waals surface area (Å²) in [6.07, 6.45) is 17.9. The van der Waals surface area contributed by atoms with Crippen LogP contribution >= 0.6 is 7.26 Å². The van der Waals surface area contributed by atoms with Crippen molar-refractivity contribution in [3.63, 3.8) is 0 Å². The molecule has 0 amide bonds. The SMILES string of the molecule is CCCC[P+](CCCC)(CCCC)CCCC.[H+].[O-]B(O)O.c1ccccc1. The molecule has 0 fully saturated rings. The zero-order valence-electron chi connectivity index (χ0n) is 19.3. The van der Waals surface area contributed by atoms with Gasteiger partial charge in [0.25, 0.3) is 0 Å². The minimum Gasteiger partial charge on any atom is -0.832 e. The van der Waals surface area contributed by atoms with E-state index in [2.05, 4.69) is 27.7 Å². The maximum absolute atomic E-state index is 8.64. The molecule has 1 rings (SSSR count). The molecule has 0 aliphatic carbocycles. The molecule has 1 aromatic rings. The molecule has 0 aromatic heterocycles. The van der Waals surface area contributed by atoms with Crippen molar-refractivity contribution in [1.29, 1.82) is 0 Å². The molecule has 0 spiro atoms. The molecule has 3 nitrogen and oxygen atoms in total. The van der Waals surface area contributed by atoms with Gasteiger partial charge in [-0.05, 0) is 25.7 Å². The van der Waals surface area contributed by atoms with Crippen molar-refractivity contribution in [3.8, 4) is 0 Å². The molecular weight excluding hydrogens is 354 g/mol. The largest absolute Gasteiger partial charge is 1.00 e. The van der Waals surface area contributed by atoms with E-state index >= 15 is 0 Å². The third-order valence-corrected chi connectivity index (χ3v) is 9.67. The summed E-state index contributed by atoms with van der Waals surface area (Å²) in [5.74, 6) is 0. The third-order valence-electron chi connectivity index (χ3n) is 4.61. The second-order valence-corrected chi connectivity index (χ2v) is 11.6. The van der Waals surface area contributed by atoms with Crippen LogP contribution in [0.4, 0.5) is 0 Å². The van der Waals surface area contributed by atoms with E-state index in [1.54, 1.807) is 24.6 Å². The summed E-state index contributed by atoms with van der Waals surface area (Å²) in [5, 5.41) is 22.8. The van der Waals surface area contributed by atoms with Crippen molar-refractivity contribution in [2.75, 3.05) is 24.6 Å². The van der Waals surface area contributed by atoms with Crippen LogP contribution in [0.15, 0.2) is 36.4 Å². The second-order valence-electron chi connectivity index (χ2n) is 7.13. The van der Waals surface area contributed by atoms with E-state index in [1.807, 2.05) is 36.4 Å². The monoisotopic (exact) mass is 399 g/mol. The molecule has 0 heterocycles. The van der Waals surface area contributed by atoms with Crippen LogP contribution in [0.2, 0.25) is 0 Å². The maximum atomic E-state index is 8.64. The molecule has 0 aliphatic heterocycles. The van der Waals surface area contributed by atoms with Crippen LogP contribution in [0.1, 0.15) is 80.5 Å². The summed E-state index contributed by atoms with van der Waals surface area (Å²) in [5.41, 5.74) is 0. The lowest BCUT2D eigenvalue weighted by molar-refractivity contribution is -0.242. The van der Waals surface area contributed by atoms with Crippen molar-refractivity contribution in [2.24, 2.45) is 0 Å². The van der Waals surface area contributed by atoms with Gasteiger partial charge in [0.1, 0.15) is 0 Å². The first-order valence-corrected chi connectivity index (χ1v) is 13.4. The van der Waals surface area contributed by atoms with Crippen molar-refractivity contribution in [3.05, 3.63) is 36.4 Å². The zero-order chi connectivity index (χ0) is 20.8. The van der Waals surface area contributed by atoms with Crippen LogP contribution in [0.25, 0.3) is 0 Å². The first-order valence-electron chi connectivity index (χ1n) is 10.8. The van der Waals surface area contributed by atoms with Gasteiger partial charge in [-0.15, -0.1) is 0 Å². The van der Waals surface area contributed by atoms with Crippen LogP contribution in [0.3, 0.4) is 0 Å². The lowest BCUT2D eigenvalue weighted by Gasteiger charge is -2.28. The minimum atomic E-state index is -2.42. The fourth-order valence-electron chi connectivity index (χ4n) is 3.03. The van der Waals surface area contributed by atoms with E-state index in [-0.39, 0.29) is 1.43 Å². The van der Waals surface area contributed by atoms with E-state index in [0.717, 1.165) is 0 Å². The highest BCUT2D eigenvalue weighted by Crippen LogP contribution is 2.61. The Morgan fingerprint density at radius 1 is 0.630 bits per heavy atom. The molecule has 2 N–H and O–H groups in total. The van der Waals surface area contributed by atoms with Gasteiger partial charge in [0.2, 0.25) is 0 Å². The Balaban J connectivity index is -0.000000463. The summed E-state index contributed by atoms with van der Waals surface area (Å²) in [4.78, 5) is 0. The van der Waals surface area contributed by atoms with Gasteiger partial charge in [-0.3, -0.25) is 0 Å². The molecule has 27 heavy (non-hydrogen) atoms. The third kappa shape index (κ3) is 21.8. The Kier molecular flexibility index (Phi) is 23.4. The molecule has 0 radical (unpaired) electrons. The average molecular weight is 399 g/mol. The summed E-state index contributed by atoms with van der Waals surface area (Å²) in [6.45, 7) is 9.42. The number of unbranched alkanes of at least 4 members (excludes halogenated alkanes) is 4. The maximum Gasteiger partial charge on any atom is 1.00 e. The molecule has 0 atom stereocenters. The summed E-state index contributed by atoms with van der Waals surface area (Å²) < 4.78 is 0. The number of hydrogen-bond donors (Lipinski definition) is 2. The van der Waals surface area contributed by atoms with Gasteiger partial charge < -0.3 is 15.1 Å². The van der Waals surface area contributed by atoms with Crippen molar-refractivity contribution >= 4 is 14.6 Å². The van der Waals surface area contributed by atoms with Crippen molar-refractivity contribution < 1.29 is 16.5 Å². The fraction of sp³-hybridized carbons (Fsp3) is 0.727. The van der Waals surface area contributed by atoms with E-state index in [9.17, 15) is 0 Å². The Hall–Kier alpha value is -0.405. The predicted molar refractivity (Wildman–Crippen MR) is 124 cm³/mol. The molecule has 0 saturated carbocycles. The first-order chi connectivity index (χ1) is 13.0. The minimum absolute atomic E-state index is 0. The Labute approximate surface area is 171 Å². The van der Waals surface area contributed by atoms with Crippen LogP contribution in [0, 0.1) is 0 Å². The molecule has 158 valence electrons. The summed E-state index contributed by atoms with van der Waals surface area (Å²) in [7, 11) is -2.98. The Morgan fingerprint density at radius 3 is 0.963 bits per heavy atom. The lowest BCUT2D eigenvalue weighted by atomic mass is 10.3. The fourth-order valence-corrected chi connectivity index (χ4v) is 8.32. The van der Waals surface area contributed by atoms with Crippen LogP contribution in [-0.2, 0) is 0 Å². The Bertz CT molecular complexity index is 316. The first kappa shape index (κ1) is 28.8. The van der Waals surface area contributed by atoms with Gasteiger partial charge in [-0.1, -0.05) is 89.8 Å². The molecule has 0 aliphatic rings. The van der Waals surface area contributed by atoms with Crippen molar-refractivity contribution in [2.45, 2.75) is 79.1 Å². The highest BCUT2D eigenvalue weighted by atomic mass is 31.2. The molecule has 0 unspecified atom stereocenters. The highest BCUT2D eigenvalue weighted by Gasteiger charge is 2.34. The average Bonchev–Trinajstić information content (AvgIpc) is 2.68. The molecule has 0 bridgehead atoms. The zero-order valence-corrected chi connectivity index (χ0v) is 19.2. The van der Waals surface area contributed by atoms with Gasteiger partial charge in [-0.2, -0.15) is 0 Å².